The van der Waals surface area contributed by atoms with E-state index < -0.39 is 0 Å². The number of fused-ring (bicyclic) bond motifs is 1. The highest BCUT2D eigenvalue weighted by Crippen LogP contribution is 2.35. The number of para-hydroxylation sites is 1. The third kappa shape index (κ3) is 3.47. The first-order chi connectivity index (χ1) is 11.2. The molecule has 0 amide bonds. The van der Waals surface area contributed by atoms with Gasteiger partial charge in [0.25, 0.3) is 6.33 Å². The van der Waals surface area contributed by atoms with Gasteiger partial charge in [0.2, 0.25) is 0 Å². The van der Waals surface area contributed by atoms with E-state index in [2.05, 4.69) is 88.3 Å². The van der Waals surface area contributed by atoms with E-state index >= 15 is 0 Å². The Balaban J connectivity index is 0.00000225. The fourth-order valence-corrected chi connectivity index (χ4v) is 3.60. The Hall–Kier alpha value is -1.77. The minimum Gasteiger partial charge on any atom is -0.455 e. The maximum atomic E-state index is 5.98. The summed E-state index contributed by atoms with van der Waals surface area (Å²) >= 11 is 0. The predicted molar refractivity (Wildman–Crippen MR) is 105 cm³/mol. The van der Waals surface area contributed by atoms with Crippen molar-refractivity contribution in [2.45, 2.75) is 66.3 Å². The van der Waals surface area contributed by atoms with Gasteiger partial charge < -0.3 is 12.2 Å². The van der Waals surface area contributed by atoms with Crippen molar-refractivity contribution in [3.05, 3.63) is 49.3 Å². The summed E-state index contributed by atoms with van der Waals surface area (Å²) in [6.45, 7) is 16.7. The van der Waals surface area contributed by atoms with Gasteiger partial charge in [0.1, 0.15) is 18.3 Å². The van der Waals surface area contributed by atoms with Gasteiger partial charge in [-0.3, -0.25) is 0 Å². The number of nitrogens with zero attached hydrogens (tertiary/aromatic N) is 2. The lowest BCUT2D eigenvalue weighted by atomic mass is 9.87. The molecule has 0 fully saturated rings. The van der Waals surface area contributed by atoms with Crippen LogP contribution in [0.1, 0.15) is 77.5 Å². The molecular formula is C22H34N2O. The normalized spacial score (nSPS) is 16.8. The zero-order valence-electron chi connectivity index (χ0n) is 17.1. The lowest BCUT2D eigenvalue weighted by molar-refractivity contribution is -0.716. The molecule has 0 saturated heterocycles. The first-order valence-corrected chi connectivity index (χ1v) is 9.09. The zero-order chi connectivity index (χ0) is 17.6. The molecule has 1 aromatic heterocycles. The molecule has 0 radical (unpaired) electrons. The first kappa shape index (κ1) is 19.6. The predicted octanol–water partition coefficient (Wildman–Crippen LogP) is 5.44. The SMILES string of the molecule is CC(C)c1cccc(C(C)C)c1-n1cc2[n+](c1)[C@H](C(C)(C)C)CO2.[CH3-]. The number of hydrogen-bond donors (Lipinski definition) is 0. The molecule has 25 heavy (non-hydrogen) atoms. The van der Waals surface area contributed by atoms with Gasteiger partial charge in [-0.25, -0.2) is 0 Å². The van der Waals surface area contributed by atoms with E-state index in [0.29, 0.717) is 17.9 Å². The molecule has 0 saturated carbocycles. The number of benzene rings is 1. The number of aromatic nitrogens is 2. The fraction of sp³-hybridized carbons (Fsp3) is 0.545. The van der Waals surface area contributed by atoms with Gasteiger partial charge in [0.15, 0.2) is 6.20 Å². The minimum atomic E-state index is 0. The summed E-state index contributed by atoms with van der Waals surface area (Å²) in [4.78, 5) is 0. The van der Waals surface area contributed by atoms with Crippen LogP contribution in [0.2, 0.25) is 0 Å². The van der Waals surface area contributed by atoms with Crippen LogP contribution in [0.3, 0.4) is 0 Å². The van der Waals surface area contributed by atoms with Crippen LogP contribution in [-0.4, -0.2) is 11.2 Å². The summed E-state index contributed by atoms with van der Waals surface area (Å²) < 4.78 is 10.6. The van der Waals surface area contributed by atoms with Gasteiger partial charge in [-0.1, -0.05) is 66.7 Å². The van der Waals surface area contributed by atoms with Crippen molar-refractivity contribution in [1.29, 1.82) is 0 Å². The molecule has 0 aliphatic carbocycles. The van der Waals surface area contributed by atoms with Crippen molar-refractivity contribution in [3.8, 4) is 11.6 Å². The Morgan fingerprint density at radius 3 is 2.12 bits per heavy atom. The average Bonchev–Trinajstić information content (AvgIpc) is 3.04. The van der Waals surface area contributed by atoms with E-state index in [-0.39, 0.29) is 12.8 Å². The molecule has 0 bridgehead atoms. The van der Waals surface area contributed by atoms with Gasteiger partial charge in [-0.05, 0) is 11.8 Å². The minimum absolute atomic E-state index is 0. The maximum absolute atomic E-state index is 5.98. The monoisotopic (exact) mass is 342 g/mol. The smallest absolute Gasteiger partial charge is 0.325 e. The highest BCUT2D eigenvalue weighted by atomic mass is 16.5. The highest BCUT2D eigenvalue weighted by Gasteiger charge is 2.40. The molecule has 0 unspecified atom stereocenters. The van der Waals surface area contributed by atoms with Gasteiger partial charge >= 0.3 is 5.88 Å². The van der Waals surface area contributed by atoms with Crippen LogP contribution in [-0.2, 0) is 0 Å². The standard InChI is InChI=1S/C21H31N2O.CH3/c1-14(2)16-9-8-10-17(15(3)4)20(16)22-11-19-23(13-22)18(12-24-19)21(5,6)7;/h8-11,13-15,18H,12H2,1-7H3;1H3/q+1;-1/t18-;/m0./s1. The third-order valence-corrected chi connectivity index (χ3v) is 5.08. The summed E-state index contributed by atoms with van der Waals surface area (Å²) in [5.41, 5.74) is 4.28. The molecular weight excluding hydrogens is 308 g/mol. The lowest BCUT2D eigenvalue weighted by Gasteiger charge is -2.22. The third-order valence-electron chi connectivity index (χ3n) is 5.08. The van der Waals surface area contributed by atoms with E-state index in [4.69, 9.17) is 4.74 Å². The van der Waals surface area contributed by atoms with Crippen molar-refractivity contribution in [1.82, 2.24) is 4.57 Å². The number of hydrogen-bond acceptors (Lipinski definition) is 1. The second-order valence-electron chi connectivity index (χ2n) is 8.68. The summed E-state index contributed by atoms with van der Waals surface area (Å²) in [6, 6.07) is 7.07. The van der Waals surface area contributed by atoms with Crippen LogP contribution in [0.15, 0.2) is 30.7 Å². The number of imidazole rings is 1. The van der Waals surface area contributed by atoms with E-state index in [1.54, 1.807) is 0 Å². The Morgan fingerprint density at radius 1 is 1.08 bits per heavy atom. The summed E-state index contributed by atoms with van der Waals surface area (Å²) in [6.07, 6.45) is 4.38. The Labute approximate surface area is 153 Å². The quantitative estimate of drug-likeness (QED) is 0.536. The second kappa shape index (κ2) is 6.86. The van der Waals surface area contributed by atoms with Gasteiger partial charge in [-0.15, -0.1) is 0 Å². The molecule has 138 valence electrons. The Bertz CT molecular complexity index is 709. The number of rotatable bonds is 3. The molecule has 2 aromatic rings. The molecule has 1 aliphatic rings. The van der Waals surface area contributed by atoms with Gasteiger partial charge in [0, 0.05) is 16.5 Å². The van der Waals surface area contributed by atoms with Gasteiger partial charge in [0.05, 0.1) is 0 Å². The van der Waals surface area contributed by atoms with Crippen molar-refractivity contribution >= 4 is 0 Å². The fourth-order valence-electron chi connectivity index (χ4n) is 3.60. The largest absolute Gasteiger partial charge is 0.455 e. The first-order valence-electron chi connectivity index (χ1n) is 9.09. The van der Waals surface area contributed by atoms with Crippen molar-refractivity contribution in [2.24, 2.45) is 5.41 Å². The van der Waals surface area contributed by atoms with Crippen molar-refractivity contribution in [2.75, 3.05) is 6.61 Å². The topological polar surface area (TPSA) is 18.0 Å². The molecule has 3 rings (SSSR count). The van der Waals surface area contributed by atoms with Crippen LogP contribution in [0.5, 0.6) is 5.88 Å². The van der Waals surface area contributed by atoms with E-state index in [1.165, 1.54) is 16.8 Å². The summed E-state index contributed by atoms with van der Waals surface area (Å²) in [5, 5.41) is 0. The van der Waals surface area contributed by atoms with Crippen molar-refractivity contribution < 1.29 is 9.30 Å². The molecule has 3 nitrogen and oxygen atoms in total. The van der Waals surface area contributed by atoms with Crippen molar-refractivity contribution in [3.63, 3.8) is 0 Å². The van der Waals surface area contributed by atoms with E-state index in [0.717, 1.165) is 12.5 Å². The second-order valence-corrected chi connectivity index (χ2v) is 8.68. The van der Waals surface area contributed by atoms with E-state index in [1.807, 2.05) is 0 Å². The molecule has 0 spiro atoms. The van der Waals surface area contributed by atoms with Gasteiger partial charge in [-0.2, -0.15) is 9.13 Å². The molecule has 0 N–H and O–H groups in total. The Morgan fingerprint density at radius 2 is 1.64 bits per heavy atom. The maximum Gasteiger partial charge on any atom is 0.325 e. The highest BCUT2D eigenvalue weighted by molar-refractivity contribution is 5.51. The average molecular weight is 343 g/mol. The van der Waals surface area contributed by atoms with Crippen LogP contribution in [0, 0.1) is 12.8 Å². The molecule has 3 heteroatoms. The molecule has 1 aliphatic heterocycles. The van der Waals surface area contributed by atoms with Crippen LogP contribution >= 0.6 is 0 Å². The van der Waals surface area contributed by atoms with Crippen LogP contribution < -0.4 is 9.30 Å². The van der Waals surface area contributed by atoms with E-state index in [9.17, 15) is 0 Å². The lowest BCUT2D eigenvalue weighted by Crippen LogP contribution is -2.43. The summed E-state index contributed by atoms with van der Waals surface area (Å²) in [7, 11) is 0. The summed E-state index contributed by atoms with van der Waals surface area (Å²) in [5.74, 6) is 1.95. The van der Waals surface area contributed by atoms with Crippen LogP contribution in [0.4, 0.5) is 0 Å². The van der Waals surface area contributed by atoms with Crippen LogP contribution in [0.25, 0.3) is 5.69 Å². The Kier molecular flexibility index (Phi) is 5.36. The molecule has 2 heterocycles. The number of ether oxygens (including phenoxy) is 1. The molecule has 1 aromatic carbocycles. The molecule has 1 atom stereocenters. The zero-order valence-corrected chi connectivity index (χ0v) is 17.1.